The number of rotatable bonds is 2. The number of alkyl halides is 1. The minimum Gasteiger partial charge on any atom is -0.810 e. The van der Waals surface area contributed by atoms with E-state index in [1.165, 1.54) is 0 Å². The first-order valence-electron chi connectivity index (χ1n) is 2.19. The minimum absolute atomic E-state index is 0. The summed E-state index contributed by atoms with van der Waals surface area (Å²) in [6.45, 7) is 1.14. The summed E-state index contributed by atoms with van der Waals surface area (Å²) < 4.78 is 9.95. The van der Waals surface area contributed by atoms with E-state index >= 15 is 0 Å². The van der Waals surface area contributed by atoms with Gasteiger partial charge in [-0.1, -0.05) is 0 Å². The molecule has 0 rings (SSSR count). The van der Waals surface area contributed by atoms with Crippen molar-refractivity contribution in [1.82, 2.24) is 0 Å². The van der Waals surface area contributed by atoms with Crippen LogP contribution >= 0.6 is 19.2 Å². The molecule has 0 spiro atoms. The summed E-state index contributed by atoms with van der Waals surface area (Å²) in [7, 11) is -4.80. The van der Waals surface area contributed by atoms with Crippen molar-refractivity contribution in [2.45, 2.75) is 18.1 Å². The van der Waals surface area contributed by atoms with Crippen LogP contribution in [0.5, 0.6) is 0 Å². The molecule has 0 bridgehead atoms. The molecule has 1 N–H and O–H groups in total. The molecule has 4 nitrogen and oxygen atoms in total. The topological polar surface area (TPSA) is 83.4 Å². The standard InChI is InChI=1S/C3H8ClO4P.2Na/c1-2(5)3(4)9(6,7)8;;/h2-3,5H,1H3,(H2,6,7,8);;/q;2*+1/p-2/t2-,3+;;/m0../s1. The molecule has 11 heavy (non-hydrogen) atoms. The van der Waals surface area contributed by atoms with Crippen LogP contribution in [0, 0.1) is 0 Å². The van der Waals surface area contributed by atoms with Gasteiger partial charge in [-0.15, -0.1) is 11.6 Å². The van der Waals surface area contributed by atoms with E-state index < -0.39 is 18.8 Å². The molecule has 0 aromatic carbocycles. The fraction of sp³-hybridized carbons (Fsp3) is 1.00. The van der Waals surface area contributed by atoms with Crippen LogP contribution in [-0.4, -0.2) is 16.3 Å². The van der Waals surface area contributed by atoms with Gasteiger partial charge in [-0.05, 0) is 14.5 Å². The Morgan fingerprint density at radius 1 is 1.45 bits per heavy atom. The second-order valence-corrected chi connectivity index (χ2v) is 4.06. The number of aliphatic hydroxyl groups is 1. The third kappa shape index (κ3) is 8.72. The first-order valence-corrected chi connectivity index (χ1v) is 4.24. The van der Waals surface area contributed by atoms with Crippen molar-refractivity contribution >= 4 is 19.2 Å². The molecule has 0 radical (unpaired) electrons. The summed E-state index contributed by atoms with van der Waals surface area (Å²) >= 11 is 4.95. The average Bonchev–Trinajstić information content (AvgIpc) is 1.62. The predicted octanol–water partition coefficient (Wildman–Crippen LogP) is -7.15. The van der Waals surface area contributed by atoms with E-state index in [-0.39, 0.29) is 59.1 Å². The Bertz CT molecular complexity index is 137. The number of hydrogen-bond acceptors (Lipinski definition) is 4. The van der Waals surface area contributed by atoms with Gasteiger partial charge in [-0.3, -0.25) is 0 Å². The smallest absolute Gasteiger partial charge is 0.810 e. The molecule has 0 fully saturated rings. The Morgan fingerprint density at radius 3 is 1.73 bits per heavy atom. The zero-order chi connectivity index (χ0) is 7.65. The molecular formula is C3H6ClNa2O4P. The van der Waals surface area contributed by atoms with E-state index in [4.69, 9.17) is 16.7 Å². The van der Waals surface area contributed by atoms with E-state index in [2.05, 4.69) is 0 Å². The van der Waals surface area contributed by atoms with Crippen LogP contribution in [0.25, 0.3) is 0 Å². The average molecular weight is 218 g/mol. The molecule has 8 heteroatoms. The Morgan fingerprint density at radius 2 is 1.73 bits per heavy atom. The Kier molecular flexibility index (Phi) is 13.5. The van der Waals surface area contributed by atoms with Crippen molar-refractivity contribution in [3.63, 3.8) is 0 Å². The number of aliphatic hydroxyl groups excluding tert-OH is 1. The molecule has 0 aromatic heterocycles. The summed E-state index contributed by atoms with van der Waals surface area (Å²) in [4.78, 5) is 19.9. The molecule has 0 heterocycles. The van der Waals surface area contributed by atoms with Crippen molar-refractivity contribution in [3.05, 3.63) is 0 Å². The first kappa shape index (κ1) is 19.0. The zero-order valence-electron chi connectivity index (χ0n) is 6.65. The fourth-order valence-electron chi connectivity index (χ4n) is 0.264. The van der Waals surface area contributed by atoms with Crippen molar-refractivity contribution in [3.8, 4) is 0 Å². The third-order valence-electron chi connectivity index (χ3n) is 0.700. The van der Waals surface area contributed by atoms with Crippen molar-refractivity contribution in [2.75, 3.05) is 0 Å². The fourth-order valence-corrected chi connectivity index (χ4v) is 0.793. The number of hydrogen-bond donors (Lipinski definition) is 1. The number of halogens is 1. The predicted molar refractivity (Wildman–Crippen MR) is 28.9 cm³/mol. The van der Waals surface area contributed by atoms with Crippen LogP contribution in [0.15, 0.2) is 0 Å². The van der Waals surface area contributed by atoms with Gasteiger partial charge in [0.15, 0.2) is 0 Å². The van der Waals surface area contributed by atoms with E-state index in [1.54, 1.807) is 0 Å². The molecule has 0 unspecified atom stereocenters. The van der Waals surface area contributed by atoms with Gasteiger partial charge in [0.2, 0.25) is 0 Å². The third-order valence-corrected chi connectivity index (χ3v) is 2.82. The van der Waals surface area contributed by atoms with Crippen LogP contribution in [0.3, 0.4) is 0 Å². The van der Waals surface area contributed by atoms with Crippen LogP contribution in [0.4, 0.5) is 0 Å². The maximum absolute atomic E-state index is 9.95. The van der Waals surface area contributed by atoms with Gasteiger partial charge in [0.25, 0.3) is 0 Å². The summed E-state index contributed by atoms with van der Waals surface area (Å²) in [5, 5.41) is 6.74. The molecule has 2 atom stereocenters. The summed E-state index contributed by atoms with van der Waals surface area (Å²) in [6, 6.07) is 0. The van der Waals surface area contributed by atoms with Crippen LogP contribution in [0.1, 0.15) is 6.92 Å². The van der Waals surface area contributed by atoms with Crippen LogP contribution in [0.2, 0.25) is 0 Å². The quantitative estimate of drug-likeness (QED) is 0.284. The van der Waals surface area contributed by atoms with Crippen molar-refractivity contribution < 1.29 is 78.6 Å². The largest absolute Gasteiger partial charge is 1.00 e. The maximum Gasteiger partial charge on any atom is 1.00 e. The molecule has 0 aliphatic carbocycles. The van der Waals surface area contributed by atoms with Gasteiger partial charge in [-0.2, -0.15) is 0 Å². The molecule has 0 aromatic rings. The Balaban J connectivity index is -0.000000320. The van der Waals surface area contributed by atoms with Crippen LogP contribution < -0.4 is 68.9 Å². The van der Waals surface area contributed by atoms with E-state index in [9.17, 15) is 14.4 Å². The second kappa shape index (κ2) is 7.77. The summed E-state index contributed by atoms with van der Waals surface area (Å²) in [5.41, 5.74) is 0. The zero-order valence-corrected chi connectivity index (χ0v) is 12.3. The van der Waals surface area contributed by atoms with Crippen molar-refractivity contribution in [1.29, 1.82) is 0 Å². The van der Waals surface area contributed by atoms with Gasteiger partial charge >= 0.3 is 59.1 Å². The molecule has 56 valence electrons. The molecule has 0 saturated heterocycles. The van der Waals surface area contributed by atoms with E-state index in [1.807, 2.05) is 0 Å². The summed E-state index contributed by atoms with van der Waals surface area (Å²) in [5.74, 6) is 0. The summed E-state index contributed by atoms with van der Waals surface area (Å²) in [6.07, 6.45) is -1.31. The maximum atomic E-state index is 9.95. The second-order valence-electron chi connectivity index (χ2n) is 1.65. The minimum atomic E-state index is -4.80. The SMILES string of the molecule is C[C@H](O)[C@H](Cl)P(=O)([O-])[O-].[Na+].[Na+]. The first-order chi connectivity index (χ1) is 3.85. The molecule has 0 amide bonds. The van der Waals surface area contributed by atoms with Crippen molar-refractivity contribution in [2.24, 2.45) is 0 Å². The Hall–Kier alpha value is 2.40. The van der Waals surface area contributed by atoms with E-state index in [0.29, 0.717) is 0 Å². The molecular weight excluding hydrogens is 212 g/mol. The van der Waals surface area contributed by atoms with Gasteiger partial charge in [-0.25, -0.2) is 0 Å². The molecule has 0 saturated carbocycles. The normalized spacial score (nSPS) is 15.7. The van der Waals surface area contributed by atoms with Gasteiger partial charge in [0.1, 0.15) is 0 Å². The Labute approximate surface area is 114 Å². The van der Waals surface area contributed by atoms with Crippen LogP contribution in [-0.2, 0) is 4.57 Å². The monoisotopic (exact) mass is 218 g/mol. The van der Waals surface area contributed by atoms with Gasteiger partial charge < -0.3 is 19.5 Å². The van der Waals surface area contributed by atoms with E-state index in [0.717, 1.165) is 6.92 Å². The van der Waals surface area contributed by atoms with Gasteiger partial charge in [0.05, 0.1) is 11.2 Å². The molecule has 0 aliphatic heterocycles. The van der Waals surface area contributed by atoms with Gasteiger partial charge in [0, 0.05) is 0 Å². The molecule has 0 aliphatic rings.